The number of carbonyl (C=O) groups excluding carboxylic acids is 1. The largest absolute Gasteiger partial charge is 0.485 e. The van der Waals surface area contributed by atoms with Crippen LogP contribution in [0, 0.1) is 5.92 Å². The smallest absolute Gasteiger partial charge is 0.332 e. The minimum atomic E-state index is -1.07. The number of ether oxygens (including phenoxy) is 2. The molecule has 0 unspecified atom stereocenters. The first-order valence-corrected chi connectivity index (χ1v) is 9.87. The van der Waals surface area contributed by atoms with E-state index in [-0.39, 0.29) is 18.3 Å². The monoisotopic (exact) mass is 386 g/mol. The summed E-state index contributed by atoms with van der Waals surface area (Å²) in [6.07, 6.45) is 6.06. The van der Waals surface area contributed by atoms with Gasteiger partial charge in [0.15, 0.2) is 0 Å². The zero-order valence-corrected chi connectivity index (χ0v) is 17.0. The van der Waals surface area contributed by atoms with Crippen LogP contribution in [0.3, 0.4) is 0 Å². The summed E-state index contributed by atoms with van der Waals surface area (Å²) in [5.74, 6) is -1.56. The normalized spacial score (nSPS) is 16.8. The Balaban J connectivity index is 1.95. The van der Waals surface area contributed by atoms with Gasteiger partial charge in [0.05, 0.1) is 5.92 Å². The van der Waals surface area contributed by atoms with Gasteiger partial charge >= 0.3 is 11.9 Å². The molecule has 0 aromatic heterocycles. The van der Waals surface area contributed by atoms with Crippen LogP contribution >= 0.6 is 0 Å². The van der Waals surface area contributed by atoms with Crippen LogP contribution in [0.5, 0.6) is 5.75 Å². The molecule has 2 rings (SSSR count). The van der Waals surface area contributed by atoms with Crippen LogP contribution in [0.2, 0.25) is 0 Å². The molecule has 1 heterocycles. The molecule has 1 aromatic rings. The Labute approximate surface area is 167 Å². The first kappa shape index (κ1) is 21.7. The molecule has 0 spiro atoms. The molecule has 0 radical (unpaired) electrons. The summed E-state index contributed by atoms with van der Waals surface area (Å²) in [5, 5.41) is 9.41. The van der Waals surface area contributed by atoms with Gasteiger partial charge in [-0.2, -0.15) is 0 Å². The van der Waals surface area contributed by atoms with Crippen molar-refractivity contribution in [2.24, 2.45) is 5.92 Å². The molecule has 0 aliphatic carbocycles. The molecule has 5 nitrogen and oxygen atoms in total. The lowest BCUT2D eigenvalue weighted by molar-refractivity contribution is -0.150. The Bertz CT molecular complexity index is 762. The zero-order chi connectivity index (χ0) is 20.7. The van der Waals surface area contributed by atoms with Gasteiger partial charge in [0.2, 0.25) is 0 Å². The number of aliphatic carboxylic acids is 1. The SMILES string of the molecule is C=C(C)[C@H]1Cc2cc(COC(=O)[C@@H](C)/C(=C\CCCCC)C(=O)O)ccc2O1. The van der Waals surface area contributed by atoms with E-state index in [0.717, 1.165) is 48.1 Å². The van der Waals surface area contributed by atoms with Crippen LogP contribution in [-0.4, -0.2) is 23.1 Å². The van der Waals surface area contributed by atoms with Crippen molar-refractivity contribution in [3.05, 3.63) is 53.1 Å². The average Bonchev–Trinajstić information content (AvgIpc) is 3.09. The molecular weight excluding hydrogens is 356 g/mol. The molecule has 0 saturated heterocycles. The van der Waals surface area contributed by atoms with Crippen LogP contribution < -0.4 is 4.74 Å². The fourth-order valence-electron chi connectivity index (χ4n) is 3.17. The Morgan fingerprint density at radius 1 is 1.39 bits per heavy atom. The van der Waals surface area contributed by atoms with E-state index in [1.165, 1.54) is 0 Å². The van der Waals surface area contributed by atoms with E-state index in [1.54, 1.807) is 13.0 Å². The van der Waals surface area contributed by atoms with E-state index >= 15 is 0 Å². The lowest BCUT2D eigenvalue weighted by atomic mass is 9.99. The number of hydrogen-bond acceptors (Lipinski definition) is 4. The molecule has 0 bridgehead atoms. The van der Waals surface area contributed by atoms with Crippen LogP contribution in [-0.2, 0) is 27.4 Å². The van der Waals surface area contributed by atoms with Crippen LogP contribution in [0.15, 0.2) is 42.0 Å². The van der Waals surface area contributed by atoms with Crippen molar-refractivity contribution in [1.29, 1.82) is 0 Å². The van der Waals surface area contributed by atoms with Gasteiger partial charge in [-0.1, -0.05) is 38.5 Å². The number of fused-ring (bicyclic) bond motifs is 1. The molecule has 2 atom stereocenters. The molecule has 152 valence electrons. The predicted octanol–water partition coefficient (Wildman–Crippen LogP) is 4.84. The summed E-state index contributed by atoms with van der Waals surface area (Å²) in [4.78, 5) is 23.9. The summed E-state index contributed by atoms with van der Waals surface area (Å²) >= 11 is 0. The second kappa shape index (κ2) is 10.1. The highest BCUT2D eigenvalue weighted by molar-refractivity contribution is 5.94. The van der Waals surface area contributed by atoms with Crippen molar-refractivity contribution < 1.29 is 24.2 Å². The van der Waals surface area contributed by atoms with Crippen molar-refractivity contribution in [3.8, 4) is 5.75 Å². The van der Waals surface area contributed by atoms with Gasteiger partial charge in [0, 0.05) is 12.0 Å². The van der Waals surface area contributed by atoms with Gasteiger partial charge in [0.25, 0.3) is 0 Å². The summed E-state index contributed by atoms with van der Waals surface area (Å²) in [6, 6.07) is 5.70. The molecule has 0 fully saturated rings. The van der Waals surface area contributed by atoms with Gasteiger partial charge in [-0.05, 0) is 55.5 Å². The van der Waals surface area contributed by atoms with Gasteiger partial charge in [0.1, 0.15) is 18.5 Å². The van der Waals surface area contributed by atoms with Crippen molar-refractivity contribution >= 4 is 11.9 Å². The number of allylic oxidation sites excluding steroid dienone is 1. The second-order valence-corrected chi connectivity index (χ2v) is 7.39. The highest BCUT2D eigenvalue weighted by atomic mass is 16.5. The van der Waals surface area contributed by atoms with Gasteiger partial charge in [-0.25, -0.2) is 4.79 Å². The third-order valence-corrected chi connectivity index (χ3v) is 4.97. The highest BCUT2D eigenvalue weighted by Gasteiger charge is 2.26. The van der Waals surface area contributed by atoms with E-state index in [2.05, 4.69) is 13.5 Å². The Hall–Kier alpha value is -2.56. The average molecular weight is 386 g/mol. The molecule has 1 aliphatic rings. The van der Waals surface area contributed by atoms with Gasteiger partial charge in [-0.15, -0.1) is 0 Å². The predicted molar refractivity (Wildman–Crippen MR) is 108 cm³/mol. The number of benzene rings is 1. The van der Waals surface area contributed by atoms with Crippen molar-refractivity contribution in [2.75, 3.05) is 0 Å². The maximum Gasteiger partial charge on any atom is 0.332 e. The number of unbranched alkanes of at least 4 members (excludes halogenated alkanes) is 3. The summed E-state index contributed by atoms with van der Waals surface area (Å²) < 4.78 is 11.2. The maximum absolute atomic E-state index is 12.4. The number of hydrogen-bond donors (Lipinski definition) is 1. The standard InChI is InChI=1S/C23H30O5/c1-5-6-7-8-9-19(22(24)25)16(4)23(26)27-14-17-10-11-20-18(12-17)13-21(28-20)15(2)3/h9-12,16,21H,2,5-8,13-14H2,1,3-4H3,(H,24,25)/b19-9+/t16-,21+/m0/s1. The first-order valence-electron chi connectivity index (χ1n) is 9.87. The van der Waals surface area contributed by atoms with Crippen LogP contribution in [0.25, 0.3) is 0 Å². The highest BCUT2D eigenvalue weighted by Crippen LogP contribution is 2.32. The molecule has 0 saturated carbocycles. The topological polar surface area (TPSA) is 72.8 Å². The number of esters is 1. The van der Waals surface area contributed by atoms with Crippen molar-refractivity contribution in [3.63, 3.8) is 0 Å². The van der Waals surface area contributed by atoms with E-state index < -0.39 is 17.9 Å². The summed E-state index contributed by atoms with van der Waals surface area (Å²) in [5.41, 5.74) is 3.00. The lowest BCUT2D eigenvalue weighted by Crippen LogP contribution is -2.21. The van der Waals surface area contributed by atoms with E-state index in [0.29, 0.717) is 6.42 Å². The van der Waals surface area contributed by atoms with Gasteiger partial charge in [-0.3, -0.25) is 4.79 Å². The Morgan fingerprint density at radius 2 is 2.14 bits per heavy atom. The zero-order valence-electron chi connectivity index (χ0n) is 17.0. The van der Waals surface area contributed by atoms with E-state index in [1.807, 2.05) is 25.1 Å². The summed E-state index contributed by atoms with van der Waals surface area (Å²) in [7, 11) is 0. The first-order chi connectivity index (χ1) is 13.3. The molecule has 28 heavy (non-hydrogen) atoms. The number of carboxylic acid groups (broad SMARTS) is 1. The van der Waals surface area contributed by atoms with E-state index in [4.69, 9.17) is 9.47 Å². The molecule has 1 N–H and O–H groups in total. The minimum Gasteiger partial charge on any atom is -0.485 e. The fourth-order valence-corrected chi connectivity index (χ4v) is 3.17. The van der Waals surface area contributed by atoms with Crippen LogP contribution in [0.1, 0.15) is 57.6 Å². The second-order valence-electron chi connectivity index (χ2n) is 7.39. The fraction of sp³-hybridized carbons (Fsp3) is 0.478. The molecule has 0 amide bonds. The third kappa shape index (κ3) is 5.72. The quantitative estimate of drug-likeness (QED) is 0.270. The number of carbonyl (C=O) groups is 2. The van der Waals surface area contributed by atoms with Crippen LogP contribution in [0.4, 0.5) is 0 Å². The third-order valence-electron chi connectivity index (χ3n) is 4.97. The molecule has 1 aliphatic heterocycles. The number of carboxylic acids is 1. The molecule has 1 aromatic carbocycles. The molecule has 5 heteroatoms. The van der Waals surface area contributed by atoms with Crippen molar-refractivity contribution in [2.45, 2.75) is 65.6 Å². The minimum absolute atomic E-state index is 0.0104. The Morgan fingerprint density at radius 3 is 2.79 bits per heavy atom. The Kier molecular flexibility index (Phi) is 7.85. The maximum atomic E-state index is 12.4. The lowest BCUT2D eigenvalue weighted by Gasteiger charge is -2.13. The number of rotatable bonds is 10. The van der Waals surface area contributed by atoms with Crippen molar-refractivity contribution in [1.82, 2.24) is 0 Å². The van der Waals surface area contributed by atoms with E-state index in [9.17, 15) is 14.7 Å². The van der Waals surface area contributed by atoms with Gasteiger partial charge < -0.3 is 14.6 Å². The molecular formula is C23H30O5. The summed E-state index contributed by atoms with van der Waals surface area (Å²) in [6.45, 7) is 9.65.